The number of aliphatic hydroxyl groups is 3. The summed E-state index contributed by atoms with van der Waals surface area (Å²) >= 11 is 0. The minimum Gasteiger partial charge on any atom is -0.459 e. The molecule has 0 aromatic carbocycles. The van der Waals surface area contributed by atoms with Crippen LogP contribution in [0, 0.1) is 29.6 Å². The van der Waals surface area contributed by atoms with Crippen LogP contribution in [0.1, 0.15) is 154 Å². The summed E-state index contributed by atoms with van der Waals surface area (Å²) < 4.78 is 50.8. The number of carbonyl (C=O) groups is 3. The van der Waals surface area contributed by atoms with Crippen LogP contribution >= 0.6 is 0 Å². The molecule has 0 spiro atoms. The Kier molecular flexibility index (Phi) is 22.0. The molecule has 4 aliphatic rings. The molecule has 1 saturated carbocycles. The first-order chi connectivity index (χ1) is 32.3. The normalized spacial score (nSPS) is 41.8. The number of nitrogens with one attached hydrogen (secondary N) is 1. The second-order valence-corrected chi connectivity index (χ2v) is 21.6. The van der Waals surface area contributed by atoms with E-state index in [1.54, 1.807) is 55.4 Å². The summed E-state index contributed by atoms with van der Waals surface area (Å²) in [6.07, 6.45) is -2.08. The zero-order valence-corrected chi connectivity index (χ0v) is 44.6. The molecule has 18 nitrogen and oxygen atoms in total. The lowest BCUT2D eigenvalue weighted by Crippen LogP contribution is -2.62. The summed E-state index contributed by atoms with van der Waals surface area (Å²) in [5.41, 5.74) is -4.45. The van der Waals surface area contributed by atoms with Gasteiger partial charge in [-0.25, -0.2) is 4.79 Å². The Morgan fingerprint density at radius 3 is 2.16 bits per heavy atom. The van der Waals surface area contributed by atoms with E-state index in [-0.39, 0.29) is 31.4 Å². The van der Waals surface area contributed by atoms with E-state index in [0.717, 1.165) is 12.8 Å². The van der Waals surface area contributed by atoms with Crippen molar-refractivity contribution in [2.24, 2.45) is 34.7 Å². The monoisotopic (exact) mass is 986 g/mol. The zero-order valence-electron chi connectivity index (χ0n) is 44.6. The summed E-state index contributed by atoms with van der Waals surface area (Å²) in [5.74, 6) is -4.02. The molecule has 18 heteroatoms. The Labute approximate surface area is 412 Å². The van der Waals surface area contributed by atoms with Crippen molar-refractivity contribution in [3.05, 3.63) is 0 Å². The number of aliphatic hydroxyl groups excluding tert-OH is 1. The molecule has 4 fully saturated rings. The Hall–Kier alpha value is -2.68. The molecule has 0 bridgehead atoms. The standard InChI is InChI=1S/C51H91N3O15/c1-16-38-51(12,60)43(56)31(5)40(53-62-25-21-24-36-22-19-18-20-23-36)29(3)27-49(10,59)44(69-47-42(68-48(58)52-17-2)37(54(13)14)26-30(4)63-47)32(6)41(33(7)46(57)66-38)67-39-28-50(11,61-15)45(34(8)64-39)65-35(9)55/h29-34,36-39,41-45,47,56,59-60H,16-28H2,1-15H3,(H,52,58)/b53-40+/t29-,30-,31+,32+,33-,34+,37+,38-,39+,41+,42-,43-,44-,45+,47?,49?,50-,51-/m1/s1. The SMILES string of the molecule is CCNC(=O)O[C@H]1C(O[C@@H]2[C@@H](C)[C@H](O[C@H]3C[C@@](C)(OC)[C@@H](OC(C)=O)[C@H](C)O3)[C@@H](C)C(=O)O[C@H](CC)[C@@](C)(O)[C@H](O)[C@@H](C)/C(=N/OCCCC3CCCCC3)[C@H](C)CC2(C)O)O[C@H](C)C[C@@H]1N(C)C. The molecular weight excluding hydrogens is 895 g/mol. The Bertz CT molecular complexity index is 1660. The van der Waals surface area contributed by atoms with Gasteiger partial charge in [-0.15, -0.1) is 0 Å². The van der Waals surface area contributed by atoms with Crippen molar-refractivity contribution >= 4 is 23.7 Å². The minimum atomic E-state index is -1.96. The molecule has 0 aromatic rings. The van der Waals surface area contributed by atoms with Crippen LogP contribution in [0.4, 0.5) is 4.79 Å². The highest BCUT2D eigenvalue weighted by Gasteiger charge is 2.54. The van der Waals surface area contributed by atoms with Crippen molar-refractivity contribution in [2.75, 3.05) is 34.4 Å². The smallest absolute Gasteiger partial charge is 0.407 e. The first-order valence-electron chi connectivity index (χ1n) is 25.8. The van der Waals surface area contributed by atoms with Gasteiger partial charge in [0.1, 0.15) is 23.9 Å². The van der Waals surface area contributed by atoms with Gasteiger partial charge in [-0.3, -0.25) is 9.59 Å². The van der Waals surface area contributed by atoms with Crippen molar-refractivity contribution in [2.45, 2.75) is 238 Å². The van der Waals surface area contributed by atoms with Crippen LogP contribution in [0.15, 0.2) is 5.16 Å². The average Bonchev–Trinajstić information content (AvgIpc) is 3.28. The van der Waals surface area contributed by atoms with Crippen LogP contribution in [0.3, 0.4) is 0 Å². The maximum atomic E-state index is 14.7. The summed E-state index contributed by atoms with van der Waals surface area (Å²) in [4.78, 5) is 48.1. The topological polar surface area (TPSA) is 223 Å². The van der Waals surface area contributed by atoms with Crippen molar-refractivity contribution in [1.29, 1.82) is 0 Å². The molecular formula is C51H91N3O15. The fourth-order valence-electron chi connectivity index (χ4n) is 11.4. The lowest BCUT2D eigenvalue weighted by molar-refractivity contribution is -0.318. The Balaban J connectivity index is 1.87. The number of methoxy groups -OCH3 is 1. The number of likely N-dealkylation sites (N-methyl/N-ethyl adjacent to an activating group) is 1. The average molecular weight is 986 g/mol. The second-order valence-electron chi connectivity index (χ2n) is 21.6. The lowest BCUT2D eigenvalue weighted by Gasteiger charge is -2.49. The third-order valence-corrected chi connectivity index (χ3v) is 15.4. The van der Waals surface area contributed by atoms with Gasteiger partial charge >= 0.3 is 18.0 Å². The van der Waals surface area contributed by atoms with Gasteiger partial charge in [-0.05, 0) is 101 Å². The maximum Gasteiger partial charge on any atom is 0.407 e. The molecule has 1 aliphatic carbocycles. The first-order valence-corrected chi connectivity index (χ1v) is 25.8. The van der Waals surface area contributed by atoms with Gasteiger partial charge in [0.25, 0.3) is 0 Å². The molecule has 400 valence electrons. The van der Waals surface area contributed by atoms with Crippen molar-refractivity contribution in [3.63, 3.8) is 0 Å². The number of hydrogen-bond donors (Lipinski definition) is 4. The van der Waals surface area contributed by atoms with E-state index < -0.39 is 114 Å². The van der Waals surface area contributed by atoms with Crippen LogP contribution in [0.2, 0.25) is 0 Å². The van der Waals surface area contributed by atoms with Crippen molar-refractivity contribution in [3.8, 4) is 0 Å². The number of hydrogen-bond acceptors (Lipinski definition) is 17. The molecule has 3 saturated heterocycles. The number of ether oxygens (including phenoxy) is 8. The third kappa shape index (κ3) is 15.2. The first kappa shape index (κ1) is 58.9. The summed E-state index contributed by atoms with van der Waals surface area (Å²) in [5, 5.41) is 44.9. The second kappa shape index (κ2) is 25.8. The van der Waals surface area contributed by atoms with E-state index in [1.165, 1.54) is 53.1 Å². The highest BCUT2D eigenvalue weighted by Crippen LogP contribution is 2.42. The molecule has 4 N–H and O–H groups in total. The Morgan fingerprint density at radius 2 is 1.57 bits per heavy atom. The van der Waals surface area contributed by atoms with Gasteiger partial charge in [-0.1, -0.05) is 65.0 Å². The van der Waals surface area contributed by atoms with Crippen molar-refractivity contribution < 1.29 is 72.4 Å². The van der Waals surface area contributed by atoms with E-state index in [1.807, 2.05) is 32.8 Å². The largest absolute Gasteiger partial charge is 0.459 e. The third-order valence-electron chi connectivity index (χ3n) is 15.4. The fraction of sp³-hybridized carbons (Fsp3) is 0.922. The molecule has 1 amide bonds. The fourth-order valence-corrected chi connectivity index (χ4v) is 11.4. The van der Waals surface area contributed by atoms with Crippen molar-refractivity contribution in [1.82, 2.24) is 10.2 Å². The zero-order chi connectivity index (χ0) is 51.6. The van der Waals surface area contributed by atoms with Gasteiger partial charge in [0.05, 0.1) is 53.8 Å². The molecule has 0 aromatic heterocycles. The number of nitrogens with zero attached hydrogens (tertiary/aromatic N) is 2. The molecule has 18 atom stereocenters. The molecule has 2 unspecified atom stereocenters. The van der Waals surface area contributed by atoms with Gasteiger partial charge in [0, 0.05) is 44.8 Å². The van der Waals surface area contributed by atoms with E-state index in [0.29, 0.717) is 31.2 Å². The van der Waals surface area contributed by atoms with E-state index in [4.69, 9.17) is 42.7 Å². The van der Waals surface area contributed by atoms with Crippen LogP contribution in [0.5, 0.6) is 0 Å². The van der Waals surface area contributed by atoms with Crippen LogP contribution in [-0.4, -0.2) is 163 Å². The predicted molar refractivity (Wildman–Crippen MR) is 258 cm³/mol. The molecule has 3 aliphatic heterocycles. The molecule has 0 radical (unpaired) electrons. The lowest BCUT2D eigenvalue weighted by atomic mass is 9.73. The number of rotatable bonds is 15. The van der Waals surface area contributed by atoms with Gasteiger partial charge in [-0.2, -0.15) is 0 Å². The number of carbonyl (C=O) groups excluding carboxylic acids is 3. The number of alkyl carbamates (subject to hydrolysis) is 1. The quantitative estimate of drug-likeness (QED) is 0.0614. The van der Waals surface area contributed by atoms with E-state index in [2.05, 4.69) is 10.5 Å². The van der Waals surface area contributed by atoms with Crippen LogP contribution in [0.25, 0.3) is 0 Å². The number of cyclic esters (lactones) is 1. The maximum absolute atomic E-state index is 14.7. The summed E-state index contributed by atoms with van der Waals surface area (Å²) in [6, 6.07) is -0.357. The highest BCUT2D eigenvalue weighted by molar-refractivity contribution is 5.88. The summed E-state index contributed by atoms with van der Waals surface area (Å²) in [7, 11) is 5.27. The molecule has 69 heavy (non-hydrogen) atoms. The van der Waals surface area contributed by atoms with Crippen LogP contribution in [-0.2, 0) is 52.3 Å². The molecule has 4 rings (SSSR count). The number of oxime groups is 1. The molecule has 3 heterocycles. The number of esters is 2. The van der Waals surface area contributed by atoms with E-state index in [9.17, 15) is 29.7 Å². The Morgan fingerprint density at radius 1 is 0.899 bits per heavy atom. The van der Waals surface area contributed by atoms with E-state index >= 15 is 0 Å². The van der Waals surface area contributed by atoms with Gasteiger partial charge in [0.15, 0.2) is 24.8 Å². The number of amides is 1. The highest BCUT2D eigenvalue weighted by atomic mass is 16.7. The van der Waals surface area contributed by atoms with Gasteiger partial charge < -0.3 is 68.3 Å². The van der Waals surface area contributed by atoms with Gasteiger partial charge in [0.2, 0.25) is 0 Å². The summed E-state index contributed by atoms with van der Waals surface area (Å²) in [6.45, 7) is 21.1. The van der Waals surface area contributed by atoms with Crippen LogP contribution < -0.4 is 5.32 Å². The minimum absolute atomic E-state index is 0.0156. The predicted octanol–water partition coefficient (Wildman–Crippen LogP) is 6.27.